The topological polar surface area (TPSA) is 62.5 Å². The van der Waals surface area contributed by atoms with Crippen molar-refractivity contribution in [1.29, 1.82) is 0 Å². The highest BCUT2D eigenvalue weighted by Gasteiger charge is 2.11. The molecule has 4 heteroatoms. The zero-order chi connectivity index (χ0) is 10.3. The second kappa shape index (κ2) is 2.77. The third kappa shape index (κ3) is 1.12. The molecule has 0 saturated heterocycles. The first-order chi connectivity index (χ1) is 6.59. The minimum Gasteiger partial charge on any atom is -0.507 e. The predicted octanol–water partition coefficient (Wildman–Crippen LogP) is 1.58. The Balaban J connectivity index is 2.79. The molecule has 0 aliphatic carbocycles. The molecule has 0 fully saturated rings. The van der Waals surface area contributed by atoms with Crippen LogP contribution < -0.4 is 0 Å². The van der Waals surface area contributed by atoms with Gasteiger partial charge >= 0.3 is 5.97 Å². The average Bonchev–Trinajstić information content (AvgIpc) is 2.46. The monoisotopic (exact) mass is 191 g/mol. The molecule has 1 aromatic carbocycles. The summed E-state index contributed by atoms with van der Waals surface area (Å²) in [5.74, 6) is -1.32. The minimum atomic E-state index is -1.12. The number of fused-ring (bicyclic) bond motifs is 1. The van der Waals surface area contributed by atoms with Crippen LogP contribution in [-0.2, 0) is 7.05 Å². The largest absolute Gasteiger partial charge is 0.507 e. The van der Waals surface area contributed by atoms with Crippen LogP contribution in [0.15, 0.2) is 24.4 Å². The summed E-state index contributed by atoms with van der Waals surface area (Å²) in [4.78, 5) is 10.7. The van der Waals surface area contributed by atoms with E-state index >= 15 is 0 Å². The number of hydrogen-bond acceptors (Lipinski definition) is 2. The van der Waals surface area contributed by atoms with Crippen LogP contribution in [0.3, 0.4) is 0 Å². The van der Waals surface area contributed by atoms with Crippen LogP contribution in [0, 0.1) is 0 Å². The molecule has 0 amide bonds. The number of aromatic nitrogens is 1. The van der Waals surface area contributed by atoms with Gasteiger partial charge in [0.1, 0.15) is 11.3 Å². The lowest BCUT2D eigenvalue weighted by Gasteiger charge is -2.01. The number of carboxylic acids is 1. The van der Waals surface area contributed by atoms with E-state index in [1.165, 1.54) is 12.1 Å². The van der Waals surface area contributed by atoms with Crippen molar-refractivity contribution in [3.63, 3.8) is 0 Å². The van der Waals surface area contributed by atoms with Gasteiger partial charge in [-0.15, -0.1) is 0 Å². The van der Waals surface area contributed by atoms with Crippen LogP contribution in [0.1, 0.15) is 10.4 Å². The molecule has 0 bridgehead atoms. The van der Waals surface area contributed by atoms with Crippen molar-refractivity contribution in [3.8, 4) is 5.75 Å². The average molecular weight is 191 g/mol. The van der Waals surface area contributed by atoms with E-state index in [1.54, 1.807) is 6.07 Å². The maximum Gasteiger partial charge on any atom is 0.339 e. The summed E-state index contributed by atoms with van der Waals surface area (Å²) >= 11 is 0. The van der Waals surface area contributed by atoms with Gasteiger partial charge in [0.15, 0.2) is 0 Å². The van der Waals surface area contributed by atoms with E-state index in [4.69, 9.17) is 5.11 Å². The summed E-state index contributed by atoms with van der Waals surface area (Å²) < 4.78 is 1.82. The van der Waals surface area contributed by atoms with Crippen LogP contribution in [0.25, 0.3) is 10.9 Å². The van der Waals surface area contributed by atoms with Gasteiger partial charge < -0.3 is 14.8 Å². The molecular formula is C10H9NO3. The molecule has 0 aliphatic heterocycles. The lowest BCUT2D eigenvalue weighted by molar-refractivity contribution is 0.0694. The fourth-order valence-electron chi connectivity index (χ4n) is 1.48. The molecule has 0 radical (unpaired) electrons. The molecule has 0 spiro atoms. The summed E-state index contributed by atoms with van der Waals surface area (Å²) in [5.41, 5.74) is 0.746. The highest BCUT2D eigenvalue weighted by atomic mass is 16.4. The van der Waals surface area contributed by atoms with E-state index < -0.39 is 5.97 Å². The summed E-state index contributed by atoms with van der Waals surface area (Å²) in [6.07, 6.45) is 1.82. The zero-order valence-electron chi connectivity index (χ0n) is 7.56. The molecule has 0 saturated carbocycles. The Morgan fingerprint density at radius 2 is 2.14 bits per heavy atom. The van der Waals surface area contributed by atoms with Gasteiger partial charge in [0.2, 0.25) is 0 Å². The van der Waals surface area contributed by atoms with Gasteiger partial charge in [-0.05, 0) is 12.1 Å². The van der Waals surface area contributed by atoms with Gasteiger partial charge in [0, 0.05) is 24.7 Å². The van der Waals surface area contributed by atoms with Crippen molar-refractivity contribution in [2.24, 2.45) is 7.05 Å². The Labute approximate surface area is 80.0 Å². The van der Waals surface area contributed by atoms with Gasteiger partial charge in [-0.3, -0.25) is 0 Å². The minimum absolute atomic E-state index is 0.0660. The highest BCUT2D eigenvalue weighted by molar-refractivity contribution is 5.96. The van der Waals surface area contributed by atoms with Gasteiger partial charge in [-0.25, -0.2) is 4.79 Å². The number of aromatic carboxylic acids is 1. The molecule has 0 unspecified atom stereocenters. The smallest absolute Gasteiger partial charge is 0.339 e. The van der Waals surface area contributed by atoms with E-state index in [0.29, 0.717) is 0 Å². The third-order valence-electron chi connectivity index (χ3n) is 2.23. The third-order valence-corrected chi connectivity index (χ3v) is 2.23. The fourth-order valence-corrected chi connectivity index (χ4v) is 1.48. The SMILES string of the molecule is Cn1ccc2cc(C(=O)O)c(O)cc21. The highest BCUT2D eigenvalue weighted by Crippen LogP contribution is 2.25. The molecule has 14 heavy (non-hydrogen) atoms. The van der Waals surface area contributed by atoms with Crippen molar-refractivity contribution < 1.29 is 15.0 Å². The summed E-state index contributed by atoms with van der Waals surface area (Å²) in [6, 6.07) is 4.73. The lowest BCUT2D eigenvalue weighted by Crippen LogP contribution is -1.96. The molecule has 4 nitrogen and oxygen atoms in total. The van der Waals surface area contributed by atoms with Gasteiger partial charge in [-0.1, -0.05) is 0 Å². The molecule has 2 rings (SSSR count). The van der Waals surface area contributed by atoms with Crippen molar-refractivity contribution >= 4 is 16.9 Å². The van der Waals surface area contributed by atoms with E-state index in [1.807, 2.05) is 17.8 Å². The first kappa shape index (κ1) is 8.62. The molecule has 1 heterocycles. The standard InChI is InChI=1S/C10H9NO3/c1-11-3-2-6-4-7(10(13)14)9(12)5-8(6)11/h2-5,12H,1H3,(H,13,14). The van der Waals surface area contributed by atoms with E-state index in [0.717, 1.165) is 10.9 Å². The number of aromatic hydroxyl groups is 1. The van der Waals surface area contributed by atoms with Crippen molar-refractivity contribution in [2.45, 2.75) is 0 Å². The molecule has 0 atom stereocenters. The number of carbonyl (C=O) groups is 1. The Kier molecular flexibility index (Phi) is 1.70. The first-order valence-electron chi connectivity index (χ1n) is 4.11. The van der Waals surface area contributed by atoms with Crippen molar-refractivity contribution in [1.82, 2.24) is 4.57 Å². The number of carboxylic acid groups (broad SMARTS) is 1. The normalized spacial score (nSPS) is 10.6. The zero-order valence-corrected chi connectivity index (χ0v) is 7.56. The Bertz CT molecular complexity index is 513. The second-order valence-corrected chi connectivity index (χ2v) is 3.16. The maximum atomic E-state index is 10.7. The molecule has 2 N–H and O–H groups in total. The number of rotatable bonds is 1. The quantitative estimate of drug-likeness (QED) is 0.719. The van der Waals surface area contributed by atoms with Crippen molar-refractivity contribution in [2.75, 3.05) is 0 Å². The number of phenols is 1. The maximum absolute atomic E-state index is 10.7. The molecular weight excluding hydrogens is 182 g/mol. The van der Waals surface area contributed by atoms with E-state index in [9.17, 15) is 9.90 Å². The second-order valence-electron chi connectivity index (χ2n) is 3.16. The molecule has 72 valence electrons. The fraction of sp³-hybridized carbons (Fsp3) is 0.100. The summed E-state index contributed by atoms with van der Waals surface area (Å²) in [7, 11) is 1.84. The van der Waals surface area contributed by atoms with Crippen molar-refractivity contribution in [3.05, 3.63) is 30.0 Å². The van der Waals surface area contributed by atoms with E-state index in [2.05, 4.69) is 0 Å². The van der Waals surface area contributed by atoms with Crippen LogP contribution in [0.4, 0.5) is 0 Å². The van der Waals surface area contributed by atoms with Gasteiger partial charge in [0.25, 0.3) is 0 Å². The molecule has 2 aromatic rings. The van der Waals surface area contributed by atoms with Crippen LogP contribution in [0.2, 0.25) is 0 Å². The van der Waals surface area contributed by atoms with Gasteiger partial charge in [-0.2, -0.15) is 0 Å². The van der Waals surface area contributed by atoms with Crippen LogP contribution >= 0.6 is 0 Å². The van der Waals surface area contributed by atoms with Gasteiger partial charge in [0.05, 0.1) is 5.52 Å². The van der Waals surface area contributed by atoms with Crippen LogP contribution in [-0.4, -0.2) is 20.7 Å². The summed E-state index contributed by atoms with van der Waals surface area (Å²) in [6.45, 7) is 0. The van der Waals surface area contributed by atoms with E-state index in [-0.39, 0.29) is 11.3 Å². The first-order valence-corrected chi connectivity index (χ1v) is 4.11. The van der Waals surface area contributed by atoms with Crippen LogP contribution in [0.5, 0.6) is 5.75 Å². The number of aryl methyl sites for hydroxylation is 1. The Morgan fingerprint density at radius 3 is 2.79 bits per heavy atom. The summed E-state index contributed by atoms with van der Waals surface area (Å²) in [5, 5.41) is 19.0. The molecule has 0 aliphatic rings. The lowest BCUT2D eigenvalue weighted by atomic mass is 10.1. The number of hydrogen-bond donors (Lipinski definition) is 2. The Morgan fingerprint density at radius 1 is 1.43 bits per heavy atom. The predicted molar refractivity (Wildman–Crippen MR) is 51.5 cm³/mol. The number of nitrogens with zero attached hydrogens (tertiary/aromatic N) is 1. The molecule has 1 aromatic heterocycles. The number of benzene rings is 1. The Hall–Kier alpha value is -1.97.